The Morgan fingerprint density at radius 2 is 1.85 bits per heavy atom. The molecule has 0 aliphatic carbocycles. The molecule has 1 aliphatic heterocycles. The number of nitrogens with one attached hydrogen (secondary N) is 1. The number of hydrogen-bond acceptors (Lipinski definition) is 5. The van der Waals surface area contributed by atoms with Crippen LogP contribution in [0.4, 0.5) is 5.69 Å². The second-order valence-corrected chi connectivity index (χ2v) is 8.03. The van der Waals surface area contributed by atoms with Gasteiger partial charge in [0.15, 0.2) is 0 Å². The maximum Gasteiger partial charge on any atom is 0.271 e. The van der Waals surface area contributed by atoms with Gasteiger partial charge in [-0.25, -0.2) is 8.42 Å². The Hall–Kier alpha value is -2.96. The van der Waals surface area contributed by atoms with E-state index in [1.165, 1.54) is 22.6 Å². The molecule has 2 heterocycles. The molecule has 8 nitrogen and oxygen atoms in total. The monoisotopic (exact) mass is 386 g/mol. The number of pyridine rings is 1. The van der Waals surface area contributed by atoms with Crippen LogP contribution >= 0.6 is 0 Å². The highest BCUT2D eigenvalue weighted by molar-refractivity contribution is 7.89. The number of nitrogens with zero attached hydrogens (tertiary/aromatic N) is 3. The largest absolute Gasteiger partial charge is 0.323 e. The molecule has 1 aliphatic rings. The van der Waals surface area contributed by atoms with Gasteiger partial charge in [0.1, 0.15) is 17.5 Å². The number of rotatable bonds is 5. The average molecular weight is 386 g/mol. The van der Waals surface area contributed by atoms with Crippen LogP contribution in [0.1, 0.15) is 18.4 Å². The summed E-state index contributed by atoms with van der Waals surface area (Å²) in [7, 11) is -3.87. The van der Waals surface area contributed by atoms with E-state index in [1.54, 1.807) is 24.3 Å². The minimum Gasteiger partial charge on any atom is -0.323 e. The summed E-state index contributed by atoms with van der Waals surface area (Å²) in [6.07, 6.45) is 2.89. The first-order valence-electron chi connectivity index (χ1n) is 8.42. The summed E-state index contributed by atoms with van der Waals surface area (Å²) in [5, 5.41) is 11.6. The number of anilines is 1. The number of sulfonamides is 1. The Morgan fingerprint density at radius 3 is 2.56 bits per heavy atom. The molecule has 1 aromatic carbocycles. The second-order valence-electron chi connectivity index (χ2n) is 6.12. The topological polar surface area (TPSA) is 112 Å². The Labute approximate surface area is 156 Å². The van der Waals surface area contributed by atoms with Gasteiger partial charge < -0.3 is 9.88 Å². The standard InChI is InChI=1S/C18H18N4O4S/c19-12-14-6-1-2-7-15(14)20-17(23)13-21-9-5-8-16(18(21)24)27(25,26)22-10-3-4-11-22/h1-2,5-9H,3-4,10-11,13H2,(H,20,23). The van der Waals surface area contributed by atoms with Crippen molar-refractivity contribution in [1.29, 1.82) is 5.26 Å². The van der Waals surface area contributed by atoms with Crippen molar-refractivity contribution in [3.8, 4) is 6.07 Å². The summed E-state index contributed by atoms with van der Waals surface area (Å²) in [4.78, 5) is 24.6. The minimum absolute atomic E-state index is 0.295. The fourth-order valence-corrected chi connectivity index (χ4v) is 4.54. The highest BCUT2D eigenvalue weighted by Gasteiger charge is 2.30. The smallest absolute Gasteiger partial charge is 0.271 e. The predicted octanol–water partition coefficient (Wildman–Crippen LogP) is 1.14. The molecule has 1 N–H and O–H groups in total. The molecule has 1 saturated heterocycles. The fourth-order valence-electron chi connectivity index (χ4n) is 2.94. The van der Waals surface area contributed by atoms with Gasteiger partial charge in [0.2, 0.25) is 15.9 Å². The first kappa shape index (κ1) is 18.8. The summed E-state index contributed by atoms with van der Waals surface area (Å²) in [5.74, 6) is -0.532. The van der Waals surface area contributed by atoms with Crippen molar-refractivity contribution in [1.82, 2.24) is 8.87 Å². The Balaban J connectivity index is 1.83. The molecule has 0 atom stereocenters. The van der Waals surface area contributed by atoms with Crippen molar-refractivity contribution < 1.29 is 13.2 Å². The van der Waals surface area contributed by atoms with Gasteiger partial charge in [0.25, 0.3) is 5.56 Å². The molecule has 27 heavy (non-hydrogen) atoms. The van der Waals surface area contributed by atoms with E-state index in [-0.39, 0.29) is 11.4 Å². The van der Waals surface area contributed by atoms with Gasteiger partial charge in [-0.15, -0.1) is 0 Å². The molecular weight excluding hydrogens is 368 g/mol. The number of nitriles is 1. The molecule has 3 rings (SSSR count). The zero-order valence-corrected chi connectivity index (χ0v) is 15.3. The molecule has 9 heteroatoms. The van der Waals surface area contributed by atoms with Crippen molar-refractivity contribution in [3.05, 3.63) is 58.5 Å². The number of carbonyl (C=O) groups excluding carboxylic acids is 1. The van der Waals surface area contributed by atoms with Gasteiger partial charge in [0.05, 0.1) is 11.3 Å². The van der Waals surface area contributed by atoms with Crippen LogP contribution in [0.25, 0.3) is 0 Å². The lowest BCUT2D eigenvalue weighted by Gasteiger charge is -2.16. The molecular formula is C18H18N4O4S. The summed E-state index contributed by atoms with van der Waals surface area (Å²) in [5.41, 5.74) is -0.115. The third kappa shape index (κ3) is 3.92. The third-order valence-corrected chi connectivity index (χ3v) is 6.22. The molecule has 1 fully saturated rings. The number of amides is 1. The quantitative estimate of drug-likeness (QED) is 0.828. The van der Waals surface area contributed by atoms with Crippen molar-refractivity contribution >= 4 is 21.6 Å². The lowest BCUT2D eigenvalue weighted by Crippen LogP contribution is -2.36. The highest BCUT2D eigenvalue weighted by atomic mass is 32.2. The molecule has 2 aromatic rings. The van der Waals surface area contributed by atoms with Crippen LogP contribution in [-0.4, -0.2) is 36.3 Å². The van der Waals surface area contributed by atoms with Crippen LogP contribution in [0.2, 0.25) is 0 Å². The van der Waals surface area contributed by atoms with E-state index >= 15 is 0 Å². The first-order valence-corrected chi connectivity index (χ1v) is 9.86. The van der Waals surface area contributed by atoms with Gasteiger partial charge in [-0.2, -0.15) is 9.57 Å². The molecule has 0 spiro atoms. The molecule has 0 unspecified atom stereocenters. The van der Waals surface area contributed by atoms with Crippen molar-refractivity contribution in [2.24, 2.45) is 0 Å². The van der Waals surface area contributed by atoms with E-state index in [0.717, 1.165) is 17.4 Å². The first-order chi connectivity index (χ1) is 12.9. The van der Waals surface area contributed by atoms with Gasteiger partial charge in [-0.1, -0.05) is 12.1 Å². The second kappa shape index (κ2) is 7.73. The zero-order valence-electron chi connectivity index (χ0n) is 14.5. The number of para-hydroxylation sites is 1. The van der Waals surface area contributed by atoms with E-state index < -0.39 is 21.5 Å². The van der Waals surface area contributed by atoms with Crippen molar-refractivity contribution in [2.45, 2.75) is 24.3 Å². The minimum atomic E-state index is -3.87. The van der Waals surface area contributed by atoms with E-state index in [0.29, 0.717) is 24.3 Å². The van der Waals surface area contributed by atoms with Crippen LogP contribution in [0.15, 0.2) is 52.3 Å². The number of hydrogen-bond donors (Lipinski definition) is 1. The summed E-state index contributed by atoms with van der Waals surface area (Å²) in [6.45, 7) is 0.423. The van der Waals surface area contributed by atoms with E-state index in [2.05, 4.69) is 5.32 Å². The van der Waals surface area contributed by atoms with Gasteiger partial charge >= 0.3 is 0 Å². The maximum atomic E-state index is 12.6. The molecule has 0 radical (unpaired) electrons. The number of benzene rings is 1. The molecule has 140 valence electrons. The van der Waals surface area contributed by atoms with Crippen LogP contribution in [0.3, 0.4) is 0 Å². The normalized spacial score (nSPS) is 14.6. The fraction of sp³-hybridized carbons (Fsp3) is 0.278. The molecule has 1 aromatic heterocycles. The SMILES string of the molecule is N#Cc1ccccc1NC(=O)Cn1cccc(S(=O)(=O)N2CCCC2)c1=O. The molecule has 0 saturated carbocycles. The van der Waals surface area contributed by atoms with Gasteiger partial charge in [-0.3, -0.25) is 9.59 Å². The maximum absolute atomic E-state index is 12.6. The predicted molar refractivity (Wildman–Crippen MR) is 98.5 cm³/mol. The van der Waals surface area contributed by atoms with Crippen LogP contribution < -0.4 is 10.9 Å². The lowest BCUT2D eigenvalue weighted by molar-refractivity contribution is -0.116. The van der Waals surface area contributed by atoms with Gasteiger partial charge in [-0.05, 0) is 37.1 Å². The summed E-state index contributed by atoms with van der Waals surface area (Å²) < 4.78 is 27.6. The number of aromatic nitrogens is 1. The summed E-state index contributed by atoms with van der Waals surface area (Å²) >= 11 is 0. The van der Waals surface area contributed by atoms with Crippen LogP contribution in [-0.2, 0) is 21.4 Å². The van der Waals surface area contributed by atoms with E-state index in [1.807, 2.05) is 6.07 Å². The Kier molecular flexibility index (Phi) is 5.39. The average Bonchev–Trinajstić information content (AvgIpc) is 3.19. The van der Waals surface area contributed by atoms with Crippen LogP contribution in [0, 0.1) is 11.3 Å². The van der Waals surface area contributed by atoms with Crippen LogP contribution in [0.5, 0.6) is 0 Å². The van der Waals surface area contributed by atoms with E-state index in [9.17, 15) is 18.0 Å². The summed E-state index contributed by atoms with van der Waals surface area (Å²) in [6, 6.07) is 11.1. The van der Waals surface area contributed by atoms with Gasteiger partial charge in [0, 0.05) is 19.3 Å². The lowest BCUT2D eigenvalue weighted by atomic mass is 10.2. The third-order valence-electron chi connectivity index (χ3n) is 4.30. The van der Waals surface area contributed by atoms with E-state index in [4.69, 9.17) is 5.26 Å². The Bertz CT molecular complexity index is 1060. The molecule has 1 amide bonds. The Morgan fingerprint density at radius 1 is 1.15 bits per heavy atom. The van der Waals surface area contributed by atoms with Crippen molar-refractivity contribution in [3.63, 3.8) is 0 Å². The number of carbonyl (C=O) groups is 1. The molecule has 0 bridgehead atoms. The van der Waals surface area contributed by atoms with Crippen molar-refractivity contribution in [2.75, 3.05) is 18.4 Å². The zero-order chi connectivity index (χ0) is 19.4. The highest BCUT2D eigenvalue weighted by Crippen LogP contribution is 2.18.